The molecule has 0 aliphatic carbocycles. The molecule has 0 bridgehead atoms. The summed E-state index contributed by atoms with van der Waals surface area (Å²) < 4.78 is 0. The zero-order valence-corrected chi connectivity index (χ0v) is 39.6. The van der Waals surface area contributed by atoms with Crippen LogP contribution in [0.25, 0.3) is 43.1 Å². The minimum absolute atomic E-state index is 0. The summed E-state index contributed by atoms with van der Waals surface area (Å²) >= 11 is 0. The Bertz CT molecular complexity index is 2780. The smallest absolute Gasteiger partial charge is 0.366 e. The van der Waals surface area contributed by atoms with Gasteiger partial charge in [-0.3, -0.25) is 11.8 Å². The maximum absolute atomic E-state index is 7.18. The Kier molecular flexibility index (Phi) is 17.3. The van der Waals surface area contributed by atoms with Crippen LogP contribution < -0.4 is 21.2 Å². The quantitative estimate of drug-likeness (QED) is 0.0491. The maximum atomic E-state index is 7.18. The van der Waals surface area contributed by atoms with Crippen LogP contribution in [0.5, 0.6) is 0 Å². The van der Waals surface area contributed by atoms with Crippen molar-refractivity contribution < 1.29 is 44.8 Å². The molecule has 0 amide bonds. The molecule has 0 spiro atoms. The fourth-order valence-electron chi connectivity index (χ4n) is 7.88. The Morgan fingerprint density at radius 3 is 0.871 bits per heavy atom. The molecular weight excluding hydrogens is 1060 g/mol. The molecule has 10 aromatic carbocycles. The van der Waals surface area contributed by atoms with Crippen molar-refractivity contribution >= 4 is 80.2 Å². The van der Waals surface area contributed by atoms with Gasteiger partial charge >= 0.3 is 44.8 Å². The van der Waals surface area contributed by atoms with E-state index in [0.29, 0.717) is 0 Å². The standard InChI is InChI=1S/C26H24P2.2C16H9.Ag.Au/c1-5-13-23(14-6-1)27(24-15-7-2-8-16-24)21-22-28(25-17-9-3-10-18-25)26-19-11-4-12-20-26;2*1-2-12-7-8-14-10-9-13-5-3-4-6-15(13)16(14)11-12;;/h1-20H,21-22H2;2*3-11H;;/q;2*-1;2*+1/p+2. The molecule has 62 heavy (non-hydrogen) atoms. The average Bonchev–Trinajstić information content (AvgIpc) is 3.34. The molecule has 0 atom stereocenters. The summed E-state index contributed by atoms with van der Waals surface area (Å²) in [5.74, 6) is 4.87. The molecule has 0 saturated heterocycles. The zero-order chi connectivity index (χ0) is 40.9. The van der Waals surface area contributed by atoms with Crippen molar-refractivity contribution in [2.24, 2.45) is 0 Å². The van der Waals surface area contributed by atoms with E-state index in [-0.39, 0.29) is 44.8 Å². The molecule has 10 aromatic rings. The van der Waals surface area contributed by atoms with Crippen molar-refractivity contribution in [1.82, 2.24) is 0 Å². The van der Waals surface area contributed by atoms with E-state index in [1.807, 2.05) is 60.7 Å². The van der Waals surface area contributed by atoms with E-state index in [9.17, 15) is 0 Å². The second-order valence-corrected chi connectivity index (χ2v) is 19.8. The van der Waals surface area contributed by atoms with Crippen LogP contribution in [0, 0.1) is 24.7 Å². The van der Waals surface area contributed by atoms with Gasteiger partial charge in [-0.15, -0.1) is 35.4 Å². The SMILES string of the molecule is [Ag+].[Au+].[C-]#Cc1ccc2ccc3ccccc3c2c1.[C-]#Cc1ccc2ccc3ccccc3c2c1.c1ccc([PH+](CC[PH+](c2ccccc2)c2ccccc2)c2ccccc2)cc1. The van der Waals surface area contributed by atoms with Crippen LogP contribution >= 0.6 is 15.8 Å². The summed E-state index contributed by atoms with van der Waals surface area (Å²) in [6.45, 7) is 0. The van der Waals surface area contributed by atoms with Gasteiger partial charge in [-0.25, -0.2) is 0 Å². The number of fused-ring (bicyclic) bond motifs is 6. The Morgan fingerprint density at radius 2 is 0.565 bits per heavy atom. The van der Waals surface area contributed by atoms with Crippen molar-refractivity contribution in [1.29, 1.82) is 0 Å². The third-order valence-corrected chi connectivity index (χ3v) is 17.0. The fourth-order valence-corrected chi connectivity index (χ4v) is 14.1. The van der Waals surface area contributed by atoms with Crippen LogP contribution in [0.15, 0.2) is 231 Å². The van der Waals surface area contributed by atoms with E-state index in [4.69, 9.17) is 12.8 Å². The third-order valence-electron chi connectivity index (χ3n) is 10.9. The Hall–Kier alpha value is -5.30. The minimum Gasteiger partial charge on any atom is -0.366 e. The molecule has 0 aliphatic rings. The Labute approximate surface area is 400 Å². The summed E-state index contributed by atoms with van der Waals surface area (Å²) in [6.07, 6.45) is 16.9. The third kappa shape index (κ3) is 11.4. The summed E-state index contributed by atoms with van der Waals surface area (Å²) in [7, 11) is -1.57. The zero-order valence-electron chi connectivity index (χ0n) is 34.0. The molecule has 0 fully saturated rings. The molecular formula is C58H44AgAuP2+2. The van der Waals surface area contributed by atoms with Gasteiger partial charge in [0.05, 0.1) is 37.1 Å². The van der Waals surface area contributed by atoms with Crippen LogP contribution in [0.1, 0.15) is 11.1 Å². The van der Waals surface area contributed by atoms with Gasteiger partial charge in [0.1, 0.15) is 12.3 Å². The van der Waals surface area contributed by atoms with Crippen molar-refractivity contribution in [2.75, 3.05) is 12.3 Å². The van der Waals surface area contributed by atoms with Gasteiger partial charge in [0.2, 0.25) is 0 Å². The molecule has 0 unspecified atom stereocenters. The maximum Gasteiger partial charge on any atom is 1.00 e. The number of hydrogen-bond donors (Lipinski definition) is 0. The number of hydrogen-bond acceptors (Lipinski definition) is 0. The van der Waals surface area contributed by atoms with Crippen LogP contribution in [-0.2, 0) is 44.8 Å². The number of benzene rings is 10. The van der Waals surface area contributed by atoms with Gasteiger partial charge in [0, 0.05) is 0 Å². The van der Waals surface area contributed by atoms with Gasteiger partial charge in [-0.1, -0.05) is 158 Å². The van der Waals surface area contributed by atoms with Gasteiger partial charge in [0.15, 0.2) is 0 Å². The summed E-state index contributed by atoms with van der Waals surface area (Å²) in [6, 6.07) is 81.6. The van der Waals surface area contributed by atoms with Crippen molar-refractivity contribution in [3.63, 3.8) is 0 Å². The van der Waals surface area contributed by atoms with Crippen LogP contribution in [0.2, 0.25) is 0 Å². The minimum atomic E-state index is -0.783. The normalized spacial score (nSPS) is 10.4. The predicted molar refractivity (Wildman–Crippen MR) is 266 cm³/mol. The van der Waals surface area contributed by atoms with E-state index >= 15 is 0 Å². The molecule has 306 valence electrons. The molecule has 0 saturated carbocycles. The molecule has 4 heteroatoms. The Balaban J connectivity index is 0.000000162. The van der Waals surface area contributed by atoms with E-state index in [1.165, 1.54) is 76.6 Å². The first-order valence-corrected chi connectivity index (χ1v) is 23.7. The number of rotatable bonds is 7. The van der Waals surface area contributed by atoms with Gasteiger partial charge < -0.3 is 12.8 Å². The van der Waals surface area contributed by atoms with Gasteiger partial charge in [0.25, 0.3) is 0 Å². The van der Waals surface area contributed by atoms with Crippen LogP contribution in [0.4, 0.5) is 0 Å². The molecule has 0 aliphatic heterocycles. The van der Waals surface area contributed by atoms with E-state index < -0.39 is 15.8 Å². The predicted octanol–water partition coefficient (Wildman–Crippen LogP) is 12.6. The molecule has 0 nitrogen and oxygen atoms in total. The molecule has 0 aromatic heterocycles. The molecule has 0 heterocycles. The first kappa shape index (κ1) is 46.2. The van der Waals surface area contributed by atoms with Crippen LogP contribution in [-0.4, -0.2) is 12.3 Å². The van der Waals surface area contributed by atoms with E-state index in [2.05, 4.69) is 182 Å². The van der Waals surface area contributed by atoms with Crippen molar-refractivity contribution in [3.05, 3.63) is 254 Å². The molecule has 0 N–H and O–H groups in total. The van der Waals surface area contributed by atoms with Crippen molar-refractivity contribution in [2.45, 2.75) is 0 Å². The largest absolute Gasteiger partial charge is 1.00 e. The van der Waals surface area contributed by atoms with Crippen LogP contribution in [0.3, 0.4) is 0 Å². The van der Waals surface area contributed by atoms with Gasteiger partial charge in [-0.2, -0.15) is 0 Å². The molecule has 10 rings (SSSR count). The van der Waals surface area contributed by atoms with Crippen molar-refractivity contribution in [3.8, 4) is 11.8 Å². The average molecular weight is 1110 g/mol. The monoisotopic (exact) mass is 1110 g/mol. The second-order valence-electron chi connectivity index (χ2n) is 14.6. The van der Waals surface area contributed by atoms with Gasteiger partial charge in [-0.05, 0) is 91.6 Å². The molecule has 0 radical (unpaired) electrons. The fraction of sp³-hybridized carbons (Fsp3) is 0.0345. The van der Waals surface area contributed by atoms with E-state index in [0.717, 1.165) is 11.1 Å². The second kappa shape index (κ2) is 23.2. The van der Waals surface area contributed by atoms with E-state index in [1.54, 1.807) is 0 Å². The first-order chi connectivity index (χ1) is 29.7. The summed E-state index contributed by atoms with van der Waals surface area (Å²) in [5, 5.41) is 15.8. The summed E-state index contributed by atoms with van der Waals surface area (Å²) in [4.78, 5) is 0. The Morgan fingerprint density at radius 1 is 0.306 bits per heavy atom. The first-order valence-electron chi connectivity index (χ1n) is 20.3. The summed E-state index contributed by atoms with van der Waals surface area (Å²) in [5.41, 5.74) is 1.65. The topological polar surface area (TPSA) is 0 Å².